The molecule has 0 atom stereocenters. The van der Waals surface area contributed by atoms with E-state index in [1.165, 1.54) is 0 Å². The molecule has 0 heterocycles. The van der Waals surface area contributed by atoms with Crippen LogP contribution in [0, 0.1) is 23.3 Å². The van der Waals surface area contributed by atoms with Crippen LogP contribution in [-0.4, -0.2) is 0 Å². The molecule has 1 aromatic rings. The lowest BCUT2D eigenvalue weighted by Crippen LogP contribution is -2.41. The molecule has 0 saturated heterocycles. The normalized spacial score (nSPS) is 19.0. The molecule has 100 valence electrons. The van der Waals surface area contributed by atoms with Crippen LogP contribution in [0.5, 0.6) is 0 Å². The molecule has 2 rings (SSSR count). The largest absolute Gasteiger partial charge is 0.321 e. The summed E-state index contributed by atoms with van der Waals surface area (Å²) in [5, 5.41) is -1.17. The van der Waals surface area contributed by atoms with Crippen molar-refractivity contribution in [1.82, 2.24) is 0 Å². The Labute approximate surface area is 107 Å². The highest BCUT2D eigenvalue weighted by Crippen LogP contribution is 2.40. The molecule has 0 aliphatic heterocycles. The predicted molar refractivity (Wildman–Crippen MR) is 60.2 cm³/mol. The lowest BCUT2D eigenvalue weighted by Gasteiger charge is -2.34. The van der Waals surface area contributed by atoms with Crippen molar-refractivity contribution in [2.75, 3.05) is 0 Å². The summed E-state index contributed by atoms with van der Waals surface area (Å²) in [5.41, 5.74) is 3.83. The fourth-order valence-electron chi connectivity index (χ4n) is 2.47. The highest BCUT2D eigenvalue weighted by Gasteiger charge is 2.38. The fourth-order valence-corrected chi connectivity index (χ4v) is 2.64. The van der Waals surface area contributed by atoms with Crippen LogP contribution in [0.4, 0.5) is 17.6 Å². The van der Waals surface area contributed by atoms with Crippen molar-refractivity contribution in [2.24, 2.45) is 5.73 Å². The highest BCUT2D eigenvalue weighted by molar-refractivity contribution is 6.30. The van der Waals surface area contributed by atoms with Crippen molar-refractivity contribution in [3.8, 4) is 0 Å². The minimum Gasteiger partial charge on any atom is -0.321 e. The predicted octanol–water partition coefficient (Wildman–Crippen LogP) is 4.01. The molecule has 6 heteroatoms. The number of halogens is 5. The van der Waals surface area contributed by atoms with E-state index in [2.05, 4.69) is 0 Å². The number of rotatable bonds is 1. The molecule has 0 spiro atoms. The van der Waals surface area contributed by atoms with E-state index in [-0.39, 0.29) is 0 Å². The van der Waals surface area contributed by atoms with Crippen LogP contribution in [0.15, 0.2) is 0 Å². The standard InChI is InChI=1S/C12H12ClF4N/c13-7-10(16)8(14)6(9(15)11(7)17)12(18)4-2-1-3-5-12/h1-5,18H2. The Bertz CT molecular complexity index is 454. The number of hydrogen-bond acceptors (Lipinski definition) is 1. The van der Waals surface area contributed by atoms with Crippen molar-refractivity contribution < 1.29 is 17.6 Å². The highest BCUT2D eigenvalue weighted by atomic mass is 35.5. The van der Waals surface area contributed by atoms with Gasteiger partial charge in [0.15, 0.2) is 23.3 Å². The summed E-state index contributed by atoms with van der Waals surface area (Å²) < 4.78 is 54.3. The second kappa shape index (κ2) is 4.70. The zero-order valence-electron chi connectivity index (χ0n) is 9.50. The molecule has 0 aromatic heterocycles. The molecule has 1 fully saturated rings. The van der Waals surface area contributed by atoms with E-state index >= 15 is 0 Å². The van der Waals surface area contributed by atoms with Crippen molar-refractivity contribution in [3.05, 3.63) is 33.9 Å². The van der Waals surface area contributed by atoms with Crippen LogP contribution in [0.3, 0.4) is 0 Å². The number of benzene rings is 1. The van der Waals surface area contributed by atoms with E-state index in [9.17, 15) is 17.6 Å². The molecule has 0 radical (unpaired) electrons. The Morgan fingerprint density at radius 2 is 1.28 bits per heavy atom. The summed E-state index contributed by atoms with van der Waals surface area (Å²) in [6.45, 7) is 0. The monoisotopic (exact) mass is 281 g/mol. The van der Waals surface area contributed by atoms with E-state index in [4.69, 9.17) is 17.3 Å². The molecule has 1 aromatic carbocycles. The van der Waals surface area contributed by atoms with Crippen LogP contribution in [0.2, 0.25) is 5.02 Å². The second-order valence-electron chi connectivity index (χ2n) is 4.66. The first kappa shape index (κ1) is 13.6. The third-order valence-corrected chi connectivity index (χ3v) is 3.79. The minimum absolute atomic E-state index is 0.293. The van der Waals surface area contributed by atoms with Gasteiger partial charge in [-0.2, -0.15) is 0 Å². The van der Waals surface area contributed by atoms with Gasteiger partial charge in [-0.3, -0.25) is 0 Å². The maximum atomic E-state index is 13.8. The van der Waals surface area contributed by atoms with E-state index in [0.29, 0.717) is 25.7 Å². The molecule has 1 nitrogen and oxygen atoms in total. The lowest BCUT2D eigenvalue weighted by molar-refractivity contribution is 0.273. The zero-order chi connectivity index (χ0) is 13.5. The Balaban J connectivity index is 2.63. The topological polar surface area (TPSA) is 26.0 Å². The third kappa shape index (κ3) is 1.99. The van der Waals surface area contributed by atoms with Gasteiger partial charge >= 0.3 is 0 Å². The van der Waals surface area contributed by atoms with Gasteiger partial charge in [0.25, 0.3) is 0 Å². The summed E-state index contributed by atoms with van der Waals surface area (Å²) in [6.07, 6.45) is 2.81. The summed E-state index contributed by atoms with van der Waals surface area (Å²) in [7, 11) is 0. The molecule has 0 bridgehead atoms. The van der Waals surface area contributed by atoms with Crippen molar-refractivity contribution in [1.29, 1.82) is 0 Å². The Morgan fingerprint density at radius 1 is 0.833 bits per heavy atom. The van der Waals surface area contributed by atoms with E-state index in [1.54, 1.807) is 0 Å². The Hall–Kier alpha value is -0.810. The van der Waals surface area contributed by atoms with Gasteiger partial charge in [0.05, 0.1) is 0 Å². The first-order valence-corrected chi connectivity index (χ1v) is 6.07. The zero-order valence-corrected chi connectivity index (χ0v) is 10.3. The molecule has 18 heavy (non-hydrogen) atoms. The van der Waals surface area contributed by atoms with Crippen molar-refractivity contribution in [2.45, 2.75) is 37.6 Å². The molecular weight excluding hydrogens is 270 g/mol. The molecule has 1 aliphatic carbocycles. The summed E-state index contributed by atoms with van der Waals surface area (Å²) in [5.74, 6) is -6.13. The van der Waals surface area contributed by atoms with Crippen molar-refractivity contribution >= 4 is 11.6 Å². The van der Waals surface area contributed by atoms with Crippen LogP contribution >= 0.6 is 11.6 Å². The van der Waals surface area contributed by atoms with E-state index in [1.807, 2.05) is 0 Å². The van der Waals surface area contributed by atoms with Crippen LogP contribution in [0.25, 0.3) is 0 Å². The number of nitrogens with two attached hydrogens (primary N) is 1. The quantitative estimate of drug-likeness (QED) is 0.470. The first-order chi connectivity index (χ1) is 8.38. The first-order valence-electron chi connectivity index (χ1n) is 5.69. The van der Waals surface area contributed by atoms with Gasteiger partial charge in [-0.15, -0.1) is 0 Å². The van der Waals surface area contributed by atoms with Gasteiger partial charge in [0, 0.05) is 11.1 Å². The number of hydrogen-bond donors (Lipinski definition) is 1. The van der Waals surface area contributed by atoms with Gasteiger partial charge in [0.2, 0.25) is 0 Å². The van der Waals surface area contributed by atoms with E-state index < -0.39 is 39.4 Å². The second-order valence-corrected chi connectivity index (χ2v) is 5.04. The lowest BCUT2D eigenvalue weighted by atomic mass is 9.77. The Morgan fingerprint density at radius 3 is 1.72 bits per heavy atom. The SMILES string of the molecule is NC1(c2c(F)c(F)c(Cl)c(F)c2F)CCCCC1. The van der Waals surface area contributed by atoms with Crippen LogP contribution < -0.4 is 5.73 Å². The third-order valence-electron chi connectivity index (χ3n) is 3.45. The van der Waals surface area contributed by atoms with Crippen LogP contribution in [-0.2, 0) is 5.54 Å². The maximum absolute atomic E-state index is 13.8. The van der Waals surface area contributed by atoms with Gasteiger partial charge in [-0.05, 0) is 12.8 Å². The molecule has 2 N–H and O–H groups in total. The molecule has 0 unspecified atom stereocenters. The maximum Gasteiger partial charge on any atom is 0.180 e. The van der Waals surface area contributed by atoms with Gasteiger partial charge in [-0.25, -0.2) is 17.6 Å². The summed E-state index contributed by atoms with van der Waals surface area (Å²) >= 11 is 5.17. The average Bonchev–Trinajstić information content (AvgIpc) is 2.35. The summed E-state index contributed by atoms with van der Waals surface area (Å²) in [4.78, 5) is 0. The van der Waals surface area contributed by atoms with Gasteiger partial charge in [-0.1, -0.05) is 30.9 Å². The van der Waals surface area contributed by atoms with Crippen molar-refractivity contribution in [3.63, 3.8) is 0 Å². The molecule has 1 saturated carbocycles. The van der Waals surface area contributed by atoms with Crippen LogP contribution in [0.1, 0.15) is 37.7 Å². The van der Waals surface area contributed by atoms with Gasteiger partial charge in [0.1, 0.15) is 5.02 Å². The average molecular weight is 282 g/mol. The Kier molecular flexibility index (Phi) is 3.56. The molecule has 0 amide bonds. The fraction of sp³-hybridized carbons (Fsp3) is 0.500. The minimum atomic E-state index is -1.58. The molecule has 1 aliphatic rings. The smallest absolute Gasteiger partial charge is 0.180 e. The van der Waals surface area contributed by atoms with E-state index in [0.717, 1.165) is 6.42 Å². The molecular formula is C12H12ClF4N. The summed E-state index contributed by atoms with van der Waals surface area (Å²) in [6, 6.07) is 0. The van der Waals surface area contributed by atoms with Gasteiger partial charge < -0.3 is 5.73 Å².